The lowest BCUT2D eigenvalue weighted by atomic mass is 10.0. The van der Waals surface area contributed by atoms with Crippen molar-refractivity contribution in [2.75, 3.05) is 34.1 Å². The van der Waals surface area contributed by atoms with Gasteiger partial charge in [-0.05, 0) is 36.2 Å². The van der Waals surface area contributed by atoms with Crippen LogP contribution in [0.1, 0.15) is 24.9 Å². The second-order valence-electron chi connectivity index (χ2n) is 7.15. The number of amides is 1. The van der Waals surface area contributed by atoms with Crippen molar-refractivity contribution in [1.29, 1.82) is 0 Å². The highest BCUT2D eigenvalue weighted by Gasteiger charge is 2.25. The second kappa shape index (κ2) is 10.3. The maximum Gasteiger partial charge on any atom is 0.243 e. The van der Waals surface area contributed by atoms with Crippen molar-refractivity contribution in [1.82, 2.24) is 9.62 Å². The maximum atomic E-state index is 12.9. The third-order valence-corrected chi connectivity index (χ3v) is 7.81. The highest BCUT2D eigenvalue weighted by atomic mass is 32.2. The Hall–Kier alpha value is -2.63. The van der Waals surface area contributed by atoms with Gasteiger partial charge in [-0.3, -0.25) is 4.79 Å². The standard InChI is InChI=1S/C21H28N2O7S2/c1-6-18(15-7-9-16(10-8-15)31(5,25)26)22-21(24)14-23(2)32(27,28)17-11-12-19(29-3)20(13-17)30-4/h7-13,18H,6,14H2,1-5H3,(H,22,24). The molecule has 0 fully saturated rings. The van der Waals surface area contributed by atoms with E-state index in [2.05, 4.69) is 5.32 Å². The summed E-state index contributed by atoms with van der Waals surface area (Å²) in [7, 11) is -3.11. The molecular weight excluding hydrogens is 456 g/mol. The SMILES string of the molecule is CCC(NC(=O)CN(C)S(=O)(=O)c1ccc(OC)c(OC)c1)c1ccc(S(C)(=O)=O)cc1. The molecular formula is C21H28N2O7S2. The summed E-state index contributed by atoms with van der Waals surface area (Å²) in [6, 6.07) is 10.0. The molecule has 0 saturated carbocycles. The van der Waals surface area contributed by atoms with Crippen LogP contribution in [0.25, 0.3) is 0 Å². The number of carbonyl (C=O) groups is 1. The summed E-state index contributed by atoms with van der Waals surface area (Å²) in [5, 5.41) is 2.80. The van der Waals surface area contributed by atoms with Gasteiger partial charge in [-0.1, -0.05) is 19.1 Å². The average molecular weight is 485 g/mol. The van der Waals surface area contributed by atoms with Crippen LogP contribution >= 0.6 is 0 Å². The van der Waals surface area contributed by atoms with Crippen LogP contribution in [0.4, 0.5) is 0 Å². The lowest BCUT2D eigenvalue weighted by molar-refractivity contribution is -0.121. The van der Waals surface area contributed by atoms with Gasteiger partial charge in [0.15, 0.2) is 21.3 Å². The first kappa shape index (κ1) is 25.6. The van der Waals surface area contributed by atoms with Gasteiger partial charge in [-0.2, -0.15) is 4.31 Å². The molecule has 0 aromatic heterocycles. The Kier molecular flexibility index (Phi) is 8.27. The summed E-state index contributed by atoms with van der Waals surface area (Å²) in [5.41, 5.74) is 0.721. The van der Waals surface area contributed by atoms with E-state index in [0.717, 1.165) is 16.1 Å². The van der Waals surface area contributed by atoms with Gasteiger partial charge in [0.1, 0.15) is 0 Å². The number of sulfone groups is 1. The topological polar surface area (TPSA) is 119 Å². The van der Waals surface area contributed by atoms with Gasteiger partial charge in [-0.15, -0.1) is 0 Å². The molecule has 0 aliphatic heterocycles. The molecule has 11 heteroatoms. The minimum Gasteiger partial charge on any atom is -0.493 e. The molecule has 176 valence electrons. The van der Waals surface area contributed by atoms with Crippen LogP contribution in [0, 0.1) is 0 Å². The van der Waals surface area contributed by atoms with Crippen LogP contribution < -0.4 is 14.8 Å². The predicted molar refractivity (Wildman–Crippen MR) is 120 cm³/mol. The number of nitrogens with one attached hydrogen (secondary N) is 1. The van der Waals surface area contributed by atoms with Crippen molar-refractivity contribution in [2.24, 2.45) is 0 Å². The fourth-order valence-corrected chi connectivity index (χ4v) is 4.83. The number of methoxy groups -OCH3 is 2. The van der Waals surface area contributed by atoms with E-state index in [0.29, 0.717) is 12.2 Å². The Morgan fingerprint density at radius 1 is 0.969 bits per heavy atom. The molecule has 2 aromatic carbocycles. The molecule has 2 aromatic rings. The number of sulfonamides is 1. The van der Waals surface area contributed by atoms with Crippen LogP contribution in [-0.4, -0.2) is 61.1 Å². The molecule has 0 aliphatic rings. The summed E-state index contributed by atoms with van der Waals surface area (Å²) in [4.78, 5) is 12.7. The summed E-state index contributed by atoms with van der Waals surface area (Å²) in [6.07, 6.45) is 1.66. The van der Waals surface area contributed by atoms with Crippen molar-refractivity contribution < 1.29 is 31.1 Å². The van der Waals surface area contributed by atoms with E-state index in [1.54, 1.807) is 12.1 Å². The Balaban J connectivity index is 2.13. The van der Waals surface area contributed by atoms with Crippen molar-refractivity contribution >= 4 is 25.8 Å². The molecule has 1 unspecified atom stereocenters. The van der Waals surface area contributed by atoms with Crippen molar-refractivity contribution in [3.05, 3.63) is 48.0 Å². The summed E-state index contributed by atoms with van der Waals surface area (Å²) >= 11 is 0. The summed E-state index contributed by atoms with van der Waals surface area (Å²) in [5.74, 6) is 0.158. The van der Waals surface area contributed by atoms with Crippen LogP contribution in [-0.2, 0) is 24.7 Å². The number of likely N-dealkylation sites (N-methyl/N-ethyl adjacent to an activating group) is 1. The maximum absolute atomic E-state index is 12.9. The molecule has 9 nitrogen and oxygen atoms in total. The van der Waals surface area contributed by atoms with E-state index in [9.17, 15) is 21.6 Å². The molecule has 0 spiro atoms. The normalized spacial score (nSPS) is 12.9. The lowest BCUT2D eigenvalue weighted by Crippen LogP contribution is -2.39. The number of benzene rings is 2. The minimum atomic E-state index is -3.95. The third-order valence-electron chi connectivity index (χ3n) is 4.88. The van der Waals surface area contributed by atoms with E-state index in [1.807, 2.05) is 6.92 Å². The fourth-order valence-electron chi connectivity index (χ4n) is 3.05. The van der Waals surface area contributed by atoms with Crippen LogP contribution in [0.15, 0.2) is 52.3 Å². The first-order valence-corrected chi connectivity index (χ1v) is 13.0. The van der Waals surface area contributed by atoms with Crippen LogP contribution in [0.3, 0.4) is 0 Å². The van der Waals surface area contributed by atoms with Crippen molar-refractivity contribution in [3.8, 4) is 11.5 Å². The molecule has 0 radical (unpaired) electrons. The molecule has 1 atom stereocenters. The quantitative estimate of drug-likeness (QED) is 0.548. The summed E-state index contributed by atoms with van der Waals surface area (Å²) in [6.45, 7) is 1.47. The molecule has 0 bridgehead atoms. The molecule has 0 aliphatic carbocycles. The molecule has 1 amide bonds. The van der Waals surface area contributed by atoms with Gasteiger partial charge in [0.2, 0.25) is 15.9 Å². The van der Waals surface area contributed by atoms with E-state index in [-0.39, 0.29) is 15.5 Å². The van der Waals surface area contributed by atoms with E-state index < -0.39 is 38.4 Å². The van der Waals surface area contributed by atoms with Crippen molar-refractivity contribution in [3.63, 3.8) is 0 Å². The molecule has 0 saturated heterocycles. The minimum absolute atomic E-state index is 0.0335. The highest BCUT2D eigenvalue weighted by Crippen LogP contribution is 2.30. The monoisotopic (exact) mass is 484 g/mol. The Labute approximate surface area is 189 Å². The zero-order chi connectivity index (χ0) is 24.1. The predicted octanol–water partition coefficient (Wildman–Crippen LogP) is 2.00. The average Bonchev–Trinajstić information content (AvgIpc) is 2.76. The van der Waals surface area contributed by atoms with Gasteiger partial charge >= 0.3 is 0 Å². The molecule has 32 heavy (non-hydrogen) atoms. The number of nitrogens with zero attached hydrogens (tertiary/aromatic N) is 1. The van der Waals surface area contributed by atoms with Gasteiger partial charge in [0, 0.05) is 19.4 Å². The fraction of sp³-hybridized carbons (Fsp3) is 0.381. The van der Waals surface area contributed by atoms with E-state index >= 15 is 0 Å². The van der Waals surface area contributed by atoms with E-state index in [1.165, 1.54) is 51.6 Å². The molecule has 1 N–H and O–H groups in total. The zero-order valence-corrected chi connectivity index (χ0v) is 20.3. The first-order valence-electron chi connectivity index (χ1n) is 9.71. The highest BCUT2D eigenvalue weighted by molar-refractivity contribution is 7.90. The first-order chi connectivity index (χ1) is 14.9. The van der Waals surface area contributed by atoms with Gasteiger partial charge < -0.3 is 14.8 Å². The van der Waals surface area contributed by atoms with Crippen LogP contribution in [0.5, 0.6) is 11.5 Å². The van der Waals surface area contributed by atoms with Gasteiger partial charge in [0.05, 0.1) is 36.6 Å². The number of hydrogen-bond donors (Lipinski definition) is 1. The smallest absolute Gasteiger partial charge is 0.243 e. The number of hydrogen-bond acceptors (Lipinski definition) is 7. The Bertz CT molecular complexity index is 1160. The van der Waals surface area contributed by atoms with Crippen molar-refractivity contribution in [2.45, 2.75) is 29.2 Å². The third kappa shape index (κ3) is 5.99. The largest absolute Gasteiger partial charge is 0.493 e. The van der Waals surface area contributed by atoms with Crippen LogP contribution in [0.2, 0.25) is 0 Å². The summed E-state index contributed by atoms with van der Waals surface area (Å²) < 4.78 is 60.2. The lowest BCUT2D eigenvalue weighted by Gasteiger charge is -2.21. The Morgan fingerprint density at radius 2 is 1.53 bits per heavy atom. The molecule has 2 rings (SSSR count). The molecule has 0 heterocycles. The Morgan fingerprint density at radius 3 is 2.03 bits per heavy atom. The van der Waals surface area contributed by atoms with Gasteiger partial charge in [-0.25, -0.2) is 16.8 Å². The van der Waals surface area contributed by atoms with E-state index in [4.69, 9.17) is 9.47 Å². The number of rotatable bonds is 10. The second-order valence-corrected chi connectivity index (χ2v) is 11.2. The van der Waals surface area contributed by atoms with Gasteiger partial charge in [0.25, 0.3) is 0 Å². The zero-order valence-electron chi connectivity index (χ0n) is 18.7. The number of ether oxygens (including phenoxy) is 2. The number of carbonyl (C=O) groups excluding carboxylic acids is 1.